The van der Waals surface area contributed by atoms with E-state index in [9.17, 15) is 9.59 Å². The number of furan rings is 1. The zero-order chi connectivity index (χ0) is 17.1. The summed E-state index contributed by atoms with van der Waals surface area (Å²) in [7, 11) is 0. The average Bonchev–Trinajstić information content (AvgIpc) is 3.07. The highest BCUT2D eigenvalue weighted by molar-refractivity contribution is 9.10. The van der Waals surface area contributed by atoms with Crippen LogP contribution in [0.1, 0.15) is 5.56 Å². The van der Waals surface area contributed by atoms with Gasteiger partial charge in [0.25, 0.3) is 5.56 Å². The molecular formula is C17H14BrN3O3. The van der Waals surface area contributed by atoms with Gasteiger partial charge in [0, 0.05) is 16.2 Å². The van der Waals surface area contributed by atoms with E-state index in [0.717, 1.165) is 14.7 Å². The van der Waals surface area contributed by atoms with E-state index in [1.807, 2.05) is 19.1 Å². The second kappa shape index (κ2) is 6.84. The fourth-order valence-corrected chi connectivity index (χ4v) is 2.42. The van der Waals surface area contributed by atoms with Crippen LogP contribution in [0, 0.1) is 6.92 Å². The number of rotatable bonds is 4. The van der Waals surface area contributed by atoms with Crippen molar-refractivity contribution >= 4 is 27.5 Å². The zero-order valence-corrected chi connectivity index (χ0v) is 14.4. The van der Waals surface area contributed by atoms with Crippen LogP contribution in [0.2, 0.25) is 0 Å². The van der Waals surface area contributed by atoms with Gasteiger partial charge in [-0.15, -0.1) is 0 Å². The van der Waals surface area contributed by atoms with Gasteiger partial charge in [-0.1, -0.05) is 15.9 Å². The van der Waals surface area contributed by atoms with E-state index in [-0.39, 0.29) is 18.0 Å². The predicted molar refractivity (Wildman–Crippen MR) is 93.7 cm³/mol. The number of amides is 1. The Hall–Kier alpha value is -2.67. The number of hydrogen-bond acceptors (Lipinski definition) is 4. The third-order valence-electron chi connectivity index (χ3n) is 3.38. The number of nitrogens with one attached hydrogen (secondary N) is 1. The van der Waals surface area contributed by atoms with E-state index < -0.39 is 0 Å². The number of hydrogen-bond donors (Lipinski definition) is 1. The largest absolute Gasteiger partial charge is 0.463 e. The summed E-state index contributed by atoms with van der Waals surface area (Å²) in [5.74, 6) is 0.204. The minimum Gasteiger partial charge on any atom is -0.463 e. The molecule has 24 heavy (non-hydrogen) atoms. The third-order valence-corrected chi connectivity index (χ3v) is 4.27. The fraction of sp³-hybridized carbons (Fsp3) is 0.118. The van der Waals surface area contributed by atoms with Gasteiger partial charge in [-0.3, -0.25) is 9.59 Å². The van der Waals surface area contributed by atoms with Crippen LogP contribution >= 0.6 is 15.9 Å². The van der Waals surface area contributed by atoms with Crippen molar-refractivity contribution in [2.24, 2.45) is 0 Å². The van der Waals surface area contributed by atoms with Gasteiger partial charge in [-0.2, -0.15) is 5.10 Å². The molecule has 3 aromatic rings. The molecule has 1 N–H and O–H groups in total. The van der Waals surface area contributed by atoms with Crippen molar-refractivity contribution in [2.75, 3.05) is 5.32 Å². The number of anilines is 1. The Balaban J connectivity index is 1.77. The minimum atomic E-state index is -0.354. The van der Waals surface area contributed by atoms with Gasteiger partial charge in [0.2, 0.25) is 5.91 Å². The van der Waals surface area contributed by atoms with Crippen LogP contribution in [0.5, 0.6) is 0 Å². The van der Waals surface area contributed by atoms with Gasteiger partial charge < -0.3 is 9.73 Å². The quantitative estimate of drug-likeness (QED) is 0.745. The van der Waals surface area contributed by atoms with Crippen molar-refractivity contribution in [3.05, 3.63) is 69.1 Å². The molecule has 0 bridgehead atoms. The highest BCUT2D eigenvalue weighted by Gasteiger charge is 2.10. The molecule has 6 nitrogen and oxygen atoms in total. The van der Waals surface area contributed by atoms with E-state index in [0.29, 0.717) is 17.1 Å². The van der Waals surface area contributed by atoms with Crippen molar-refractivity contribution in [2.45, 2.75) is 13.5 Å². The number of aryl methyl sites for hydroxylation is 1. The van der Waals surface area contributed by atoms with Crippen LogP contribution < -0.4 is 10.9 Å². The zero-order valence-electron chi connectivity index (χ0n) is 12.8. The lowest BCUT2D eigenvalue weighted by Crippen LogP contribution is -2.29. The first-order valence-electron chi connectivity index (χ1n) is 7.21. The molecule has 3 rings (SSSR count). The first kappa shape index (κ1) is 16.2. The maximum absolute atomic E-state index is 12.2. The Kier molecular flexibility index (Phi) is 4.61. The van der Waals surface area contributed by atoms with Gasteiger partial charge in [-0.05, 0) is 48.9 Å². The predicted octanol–water partition coefficient (Wildman–Crippen LogP) is 3.21. The van der Waals surface area contributed by atoms with Crippen molar-refractivity contribution < 1.29 is 9.21 Å². The fourth-order valence-electron chi connectivity index (χ4n) is 2.18. The second-order valence-electron chi connectivity index (χ2n) is 5.20. The summed E-state index contributed by atoms with van der Waals surface area (Å²) in [6.45, 7) is 1.75. The van der Waals surface area contributed by atoms with E-state index in [1.54, 1.807) is 24.3 Å². The number of carbonyl (C=O) groups excluding carboxylic acids is 1. The molecule has 122 valence electrons. The molecule has 0 unspecified atom stereocenters. The van der Waals surface area contributed by atoms with E-state index in [1.165, 1.54) is 12.3 Å². The molecule has 0 aliphatic heterocycles. The van der Waals surface area contributed by atoms with E-state index >= 15 is 0 Å². The number of benzene rings is 1. The Morgan fingerprint density at radius 1 is 1.29 bits per heavy atom. The monoisotopic (exact) mass is 387 g/mol. The van der Waals surface area contributed by atoms with Crippen molar-refractivity contribution in [1.29, 1.82) is 0 Å². The van der Waals surface area contributed by atoms with Crippen LogP contribution in [0.15, 0.2) is 62.4 Å². The molecule has 1 aromatic carbocycles. The molecule has 0 atom stereocenters. The lowest BCUT2D eigenvalue weighted by atomic mass is 10.2. The molecule has 0 saturated carbocycles. The standard InChI is InChI=1S/C17H14BrN3O3/c1-11-9-12(4-5-13(11)18)19-16(22)10-21-17(23)7-6-14(20-21)15-3-2-8-24-15/h2-9H,10H2,1H3,(H,19,22). The molecular weight excluding hydrogens is 374 g/mol. The number of halogens is 1. The lowest BCUT2D eigenvalue weighted by Gasteiger charge is -2.08. The Morgan fingerprint density at radius 2 is 2.12 bits per heavy atom. The van der Waals surface area contributed by atoms with Crippen LogP contribution in [0.3, 0.4) is 0 Å². The molecule has 0 aliphatic rings. The molecule has 0 radical (unpaired) electrons. The highest BCUT2D eigenvalue weighted by Crippen LogP contribution is 2.20. The normalized spacial score (nSPS) is 10.6. The first-order valence-corrected chi connectivity index (χ1v) is 8.00. The van der Waals surface area contributed by atoms with Crippen LogP contribution in [-0.4, -0.2) is 15.7 Å². The SMILES string of the molecule is Cc1cc(NC(=O)Cn2nc(-c3ccco3)ccc2=O)ccc1Br. The lowest BCUT2D eigenvalue weighted by molar-refractivity contribution is -0.117. The van der Waals surface area contributed by atoms with Crippen LogP contribution in [0.4, 0.5) is 5.69 Å². The molecule has 1 amide bonds. The highest BCUT2D eigenvalue weighted by atomic mass is 79.9. The summed E-state index contributed by atoms with van der Waals surface area (Å²) in [6.07, 6.45) is 1.52. The molecule has 0 fully saturated rings. The summed E-state index contributed by atoms with van der Waals surface area (Å²) in [5.41, 5.74) is 1.80. The maximum Gasteiger partial charge on any atom is 0.267 e. The van der Waals surface area contributed by atoms with Crippen LogP contribution in [-0.2, 0) is 11.3 Å². The van der Waals surface area contributed by atoms with Crippen molar-refractivity contribution in [3.8, 4) is 11.5 Å². The van der Waals surface area contributed by atoms with Crippen molar-refractivity contribution in [3.63, 3.8) is 0 Å². The number of nitrogens with zero attached hydrogens (tertiary/aromatic N) is 2. The Morgan fingerprint density at radius 3 is 2.83 bits per heavy atom. The smallest absolute Gasteiger partial charge is 0.267 e. The molecule has 2 heterocycles. The Bertz CT molecular complexity index is 933. The van der Waals surface area contributed by atoms with Crippen LogP contribution in [0.25, 0.3) is 11.5 Å². The topological polar surface area (TPSA) is 77.1 Å². The first-order chi connectivity index (χ1) is 11.5. The summed E-state index contributed by atoms with van der Waals surface area (Å²) in [6, 6.07) is 11.9. The molecule has 0 aliphatic carbocycles. The summed E-state index contributed by atoms with van der Waals surface area (Å²) in [5, 5.41) is 6.93. The van der Waals surface area contributed by atoms with Gasteiger partial charge in [0.15, 0.2) is 5.76 Å². The number of aromatic nitrogens is 2. The minimum absolute atomic E-state index is 0.178. The molecule has 7 heteroatoms. The molecule has 2 aromatic heterocycles. The second-order valence-corrected chi connectivity index (χ2v) is 6.06. The van der Waals surface area contributed by atoms with Gasteiger partial charge >= 0.3 is 0 Å². The molecule has 0 spiro atoms. The molecule has 0 saturated heterocycles. The third kappa shape index (κ3) is 3.62. The number of carbonyl (C=O) groups is 1. The van der Waals surface area contributed by atoms with Gasteiger partial charge in [-0.25, -0.2) is 4.68 Å². The van der Waals surface area contributed by atoms with Gasteiger partial charge in [0.05, 0.1) is 6.26 Å². The summed E-state index contributed by atoms with van der Waals surface area (Å²) in [4.78, 5) is 24.1. The average molecular weight is 388 g/mol. The maximum atomic E-state index is 12.2. The van der Waals surface area contributed by atoms with Crippen molar-refractivity contribution in [1.82, 2.24) is 9.78 Å². The summed E-state index contributed by atoms with van der Waals surface area (Å²) < 4.78 is 7.33. The Labute approximate surface area is 146 Å². The summed E-state index contributed by atoms with van der Waals surface area (Å²) >= 11 is 3.41. The van der Waals surface area contributed by atoms with E-state index in [2.05, 4.69) is 26.3 Å². The van der Waals surface area contributed by atoms with Gasteiger partial charge in [0.1, 0.15) is 12.2 Å². The van der Waals surface area contributed by atoms with E-state index in [4.69, 9.17) is 4.42 Å².